The summed E-state index contributed by atoms with van der Waals surface area (Å²) in [5, 5.41) is 0.988. The number of hydrogen-bond acceptors (Lipinski definition) is 10. The van der Waals surface area contributed by atoms with E-state index in [1.807, 2.05) is 29.3 Å². The molecule has 0 bridgehead atoms. The van der Waals surface area contributed by atoms with Gasteiger partial charge in [0.25, 0.3) is 5.91 Å². The lowest BCUT2D eigenvalue weighted by Gasteiger charge is -2.35. The number of rotatable bonds is 14. The van der Waals surface area contributed by atoms with E-state index in [-0.39, 0.29) is 11.9 Å². The summed E-state index contributed by atoms with van der Waals surface area (Å²) in [6.07, 6.45) is 12.5. The van der Waals surface area contributed by atoms with Crippen molar-refractivity contribution in [1.29, 1.82) is 0 Å². The number of carbonyl (C=O) groups is 1. The molecule has 11 heteroatoms. The number of aliphatic imine (C=N–C) groups is 1. The van der Waals surface area contributed by atoms with Crippen LogP contribution in [0.4, 0.5) is 11.5 Å². The van der Waals surface area contributed by atoms with Crippen LogP contribution in [0, 0.1) is 0 Å². The number of fused-ring (bicyclic) bond motifs is 3. The fourth-order valence-corrected chi connectivity index (χ4v) is 6.75. The number of carbonyl (C=O) groups excluding carboxylic acids is 1. The number of hydrogen-bond donors (Lipinski definition) is 0. The Morgan fingerprint density at radius 1 is 0.783 bits per heavy atom. The predicted octanol–water partition coefficient (Wildman–Crippen LogP) is 5.52. The van der Waals surface area contributed by atoms with Gasteiger partial charge in [0.1, 0.15) is 12.1 Å². The van der Waals surface area contributed by atoms with Gasteiger partial charge in [-0.3, -0.25) is 14.7 Å². The molecule has 2 aromatic carbocycles. The molecule has 6 rings (SSSR count). The second-order valence-electron chi connectivity index (χ2n) is 12.2. The van der Waals surface area contributed by atoms with Crippen LogP contribution in [0.1, 0.15) is 61.7 Å². The van der Waals surface area contributed by atoms with Crippen molar-refractivity contribution in [1.82, 2.24) is 19.8 Å². The molecule has 3 aromatic rings. The molecule has 0 radical (unpaired) electrons. The molecule has 46 heavy (non-hydrogen) atoms. The second kappa shape index (κ2) is 15.0. The molecule has 1 atom stereocenters. The number of ether oxygens (including phenoxy) is 4. The molecular formula is C35H46N6O5. The summed E-state index contributed by atoms with van der Waals surface area (Å²) < 4.78 is 22.7. The molecule has 11 nitrogen and oxygen atoms in total. The number of amides is 1. The van der Waals surface area contributed by atoms with Gasteiger partial charge >= 0.3 is 0 Å². The Labute approximate surface area is 271 Å². The van der Waals surface area contributed by atoms with Gasteiger partial charge < -0.3 is 28.7 Å². The van der Waals surface area contributed by atoms with Crippen molar-refractivity contribution in [2.45, 2.75) is 57.4 Å². The Balaban J connectivity index is 0.881. The van der Waals surface area contributed by atoms with Crippen LogP contribution >= 0.6 is 0 Å². The fourth-order valence-electron chi connectivity index (χ4n) is 6.75. The Morgan fingerprint density at radius 3 is 2.28 bits per heavy atom. The van der Waals surface area contributed by atoms with Crippen LogP contribution < -0.4 is 23.8 Å². The summed E-state index contributed by atoms with van der Waals surface area (Å²) in [6, 6.07) is 7.63. The van der Waals surface area contributed by atoms with E-state index in [4.69, 9.17) is 18.9 Å². The molecule has 0 aliphatic carbocycles. The topological polar surface area (TPSA) is 102 Å². The third-order valence-electron chi connectivity index (χ3n) is 9.38. The average Bonchev–Trinajstić information content (AvgIpc) is 3.53. The minimum absolute atomic E-state index is 0.0288. The monoisotopic (exact) mass is 630 g/mol. The van der Waals surface area contributed by atoms with Crippen molar-refractivity contribution >= 4 is 34.5 Å². The van der Waals surface area contributed by atoms with E-state index >= 15 is 0 Å². The van der Waals surface area contributed by atoms with E-state index in [2.05, 4.69) is 24.8 Å². The molecule has 1 amide bonds. The number of benzene rings is 2. The minimum Gasteiger partial charge on any atom is -0.493 e. The van der Waals surface area contributed by atoms with Crippen molar-refractivity contribution in [3.63, 3.8) is 0 Å². The van der Waals surface area contributed by atoms with Crippen molar-refractivity contribution in [3.05, 3.63) is 36.2 Å². The van der Waals surface area contributed by atoms with Crippen LogP contribution in [-0.2, 0) is 0 Å². The van der Waals surface area contributed by atoms with Gasteiger partial charge in [-0.2, -0.15) is 0 Å². The largest absolute Gasteiger partial charge is 0.493 e. The van der Waals surface area contributed by atoms with E-state index in [0.29, 0.717) is 40.9 Å². The Bertz CT molecular complexity index is 1540. The van der Waals surface area contributed by atoms with Crippen LogP contribution in [0.5, 0.6) is 23.0 Å². The van der Waals surface area contributed by atoms with Crippen LogP contribution in [0.2, 0.25) is 0 Å². The zero-order valence-electron chi connectivity index (χ0n) is 27.4. The zero-order chi connectivity index (χ0) is 31.9. The summed E-state index contributed by atoms with van der Waals surface area (Å²) in [4.78, 5) is 33.6. The van der Waals surface area contributed by atoms with Gasteiger partial charge in [-0.05, 0) is 44.4 Å². The van der Waals surface area contributed by atoms with Gasteiger partial charge in [0.05, 0.1) is 50.7 Å². The average molecular weight is 631 g/mol. The van der Waals surface area contributed by atoms with Gasteiger partial charge in [-0.15, -0.1) is 0 Å². The summed E-state index contributed by atoms with van der Waals surface area (Å²) in [6.45, 7) is 6.47. The summed E-state index contributed by atoms with van der Waals surface area (Å²) in [5.41, 5.74) is 2.12. The molecule has 1 aromatic heterocycles. The number of unbranched alkanes of at least 4 members (excludes halogenated alkanes) is 5. The van der Waals surface area contributed by atoms with E-state index in [1.165, 1.54) is 25.7 Å². The van der Waals surface area contributed by atoms with Gasteiger partial charge in [0, 0.05) is 56.5 Å². The van der Waals surface area contributed by atoms with Gasteiger partial charge in [-0.1, -0.05) is 25.7 Å². The van der Waals surface area contributed by atoms with Crippen LogP contribution in [0.15, 0.2) is 35.6 Å². The summed E-state index contributed by atoms with van der Waals surface area (Å²) >= 11 is 0. The van der Waals surface area contributed by atoms with Gasteiger partial charge in [-0.25, -0.2) is 9.97 Å². The molecule has 3 aliphatic heterocycles. The number of aromatic nitrogens is 2. The zero-order valence-corrected chi connectivity index (χ0v) is 27.4. The van der Waals surface area contributed by atoms with E-state index in [1.54, 1.807) is 33.7 Å². The molecule has 2 fully saturated rings. The fraction of sp³-hybridized carbons (Fsp3) is 0.543. The van der Waals surface area contributed by atoms with Crippen molar-refractivity contribution in [2.75, 3.05) is 72.1 Å². The Morgan fingerprint density at radius 2 is 1.50 bits per heavy atom. The summed E-state index contributed by atoms with van der Waals surface area (Å²) in [7, 11) is 4.91. The lowest BCUT2D eigenvalue weighted by atomic mass is 10.1. The number of piperazine rings is 1. The maximum Gasteiger partial charge on any atom is 0.256 e. The number of nitrogens with zero attached hydrogens (tertiary/aromatic N) is 6. The maximum atomic E-state index is 13.1. The van der Waals surface area contributed by atoms with Crippen LogP contribution in [0.25, 0.3) is 10.9 Å². The van der Waals surface area contributed by atoms with Gasteiger partial charge in [0.15, 0.2) is 23.0 Å². The number of methoxy groups -OCH3 is 3. The molecule has 4 heterocycles. The molecular weight excluding hydrogens is 584 g/mol. The second-order valence-corrected chi connectivity index (χ2v) is 12.2. The Kier molecular flexibility index (Phi) is 10.4. The standard InChI is InChI=1S/C35H46N6O5/c1-43-30-19-26-28(21-32(30)45-3)37-24-38-34(26)40-16-14-39(15-17-40)12-8-6-4-5-7-9-18-46-33-22-29-27(20-31(33)44-2)35(42)41-13-10-11-25(41)23-36-29/h19-25H,4-18H2,1-3H3/t25-/m0/s1. The molecule has 3 aliphatic rings. The molecule has 0 saturated carbocycles. The predicted molar refractivity (Wildman–Crippen MR) is 180 cm³/mol. The Hall–Kier alpha value is -4.12. The smallest absolute Gasteiger partial charge is 0.256 e. The summed E-state index contributed by atoms with van der Waals surface area (Å²) in [5.74, 6) is 3.60. The van der Waals surface area contributed by atoms with E-state index in [9.17, 15) is 4.79 Å². The van der Waals surface area contributed by atoms with Crippen molar-refractivity contribution in [3.8, 4) is 23.0 Å². The van der Waals surface area contributed by atoms with Gasteiger partial charge in [0.2, 0.25) is 0 Å². The maximum absolute atomic E-state index is 13.1. The lowest BCUT2D eigenvalue weighted by molar-refractivity contribution is 0.0774. The highest BCUT2D eigenvalue weighted by molar-refractivity contribution is 6.03. The molecule has 2 saturated heterocycles. The first-order valence-corrected chi connectivity index (χ1v) is 16.6. The highest BCUT2D eigenvalue weighted by Gasteiger charge is 2.32. The molecule has 0 unspecified atom stereocenters. The van der Waals surface area contributed by atoms with Crippen LogP contribution in [-0.4, -0.2) is 105 Å². The van der Waals surface area contributed by atoms with Crippen molar-refractivity contribution < 1.29 is 23.7 Å². The normalized spacial score (nSPS) is 18.0. The van der Waals surface area contributed by atoms with Crippen molar-refractivity contribution in [2.24, 2.45) is 4.99 Å². The van der Waals surface area contributed by atoms with E-state index in [0.717, 1.165) is 81.7 Å². The number of anilines is 1. The SMILES string of the molecule is COc1cc2ncnc(N3CCN(CCCCCCCCOc4cc5c(cc4OC)C(=O)N4CCC[C@H]4C=N5)CC3)c2cc1OC. The molecule has 0 spiro atoms. The first-order valence-electron chi connectivity index (χ1n) is 16.6. The molecule has 246 valence electrons. The molecule has 0 N–H and O–H groups in total. The first-order chi connectivity index (χ1) is 22.6. The third kappa shape index (κ3) is 6.99. The van der Waals surface area contributed by atoms with E-state index < -0.39 is 0 Å². The highest BCUT2D eigenvalue weighted by Crippen LogP contribution is 2.38. The first kappa shape index (κ1) is 31.8. The third-order valence-corrected chi connectivity index (χ3v) is 9.38. The van der Waals surface area contributed by atoms with Crippen LogP contribution in [0.3, 0.4) is 0 Å². The minimum atomic E-state index is 0.0288. The lowest BCUT2D eigenvalue weighted by Crippen LogP contribution is -2.47. The quantitative estimate of drug-likeness (QED) is 0.213. The highest BCUT2D eigenvalue weighted by atomic mass is 16.5.